The van der Waals surface area contributed by atoms with Crippen LogP contribution >= 0.6 is 0 Å². The van der Waals surface area contributed by atoms with E-state index in [1.54, 1.807) is 0 Å². The van der Waals surface area contributed by atoms with Gasteiger partial charge in [0.15, 0.2) is 6.29 Å². The van der Waals surface area contributed by atoms with Gasteiger partial charge in [-0.2, -0.15) is 0 Å². The molecule has 54 heavy (non-hydrogen) atoms. The van der Waals surface area contributed by atoms with Gasteiger partial charge in [0, 0.05) is 44.7 Å². The number of urea groups is 1. The van der Waals surface area contributed by atoms with Crippen LogP contribution in [0.25, 0.3) is 11.1 Å². The predicted octanol–water partition coefficient (Wildman–Crippen LogP) is 9.09. The molecule has 0 saturated carbocycles. The summed E-state index contributed by atoms with van der Waals surface area (Å²) in [5.74, 6) is 0. The molecular weight excluding hydrogens is 671 g/mol. The van der Waals surface area contributed by atoms with Crippen molar-refractivity contribution in [2.75, 3.05) is 6.54 Å². The molecule has 6 aromatic carbocycles. The second-order valence-electron chi connectivity index (χ2n) is 13.8. The van der Waals surface area contributed by atoms with Crippen LogP contribution in [0, 0.1) is 0 Å². The molecule has 7 heteroatoms. The summed E-state index contributed by atoms with van der Waals surface area (Å²) in [6, 6.07) is 55.4. The number of benzene rings is 6. The van der Waals surface area contributed by atoms with Gasteiger partial charge in [0.05, 0.1) is 18.8 Å². The van der Waals surface area contributed by atoms with Crippen LogP contribution in [0.3, 0.4) is 0 Å². The number of carbonyl (C=O) groups is 1. The van der Waals surface area contributed by atoms with Crippen LogP contribution in [0.5, 0.6) is 0 Å². The van der Waals surface area contributed by atoms with Gasteiger partial charge >= 0.3 is 6.03 Å². The number of rotatable bonds is 14. The normalized spacial score (nSPS) is 16.9. The van der Waals surface area contributed by atoms with Crippen molar-refractivity contribution in [3.63, 3.8) is 0 Å². The number of aliphatic hydroxyl groups is 1. The molecule has 1 heterocycles. The summed E-state index contributed by atoms with van der Waals surface area (Å²) in [6.45, 7) is 3.20. The summed E-state index contributed by atoms with van der Waals surface area (Å²) in [7, 11) is 0. The lowest BCUT2D eigenvalue weighted by Gasteiger charge is -2.38. The molecule has 1 saturated heterocycles. The largest absolute Gasteiger partial charge is 0.392 e. The minimum absolute atomic E-state index is 0.000390. The maximum atomic E-state index is 12.5. The molecule has 1 aliphatic heterocycles. The van der Waals surface area contributed by atoms with Crippen molar-refractivity contribution in [2.45, 2.75) is 57.7 Å². The highest BCUT2D eigenvalue weighted by Crippen LogP contribution is 2.39. The number of hydrogen-bond acceptors (Lipinski definition) is 5. The number of ether oxygens (including phenoxy) is 2. The Morgan fingerprint density at radius 2 is 1.13 bits per heavy atom. The zero-order valence-corrected chi connectivity index (χ0v) is 30.4. The highest BCUT2D eigenvalue weighted by Gasteiger charge is 2.33. The van der Waals surface area contributed by atoms with Crippen LogP contribution in [-0.2, 0) is 42.3 Å². The Morgan fingerprint density at radius 3 is 1.76 bits per heavy atom. The quantitative estimate of drug-likeness (QED) is 0.105. The van der Waals surface area contributed by atoms with Gasteiger partial charge in [0.25, 0.3) is 0 Å². The van der Waals surface area contributed by atoms with Crippen molar-refractivity contribution >= 4 is 6.03 Å². The van der Waals surface area contributed by atoms with Gasteiger partial charge in [0.1, 0.15) is 0 Å². The molecule has 7 rings (SSSR count). The fraction of sp³-hybridized carbons (Fsp3) is 0.213. The number of carbonyl (C=O) groups excluding carboxylic acids is 1. The van der Waals surface area contributed by atoms with Crippen molar-refractivity contribution in [1.82, 2.24) is 15.5 Å². The summed E-state index contributed by atoms with van der Waals surface area (Å²) in [6.07, 6.45) is -0.185. The van der Waals surface area contributed by atoms with E-state index >= 15 is 0 Å². The third-order valence-corrected chi connectivity index (χ3v) is 9.74. The molecule has 0 radical (unpaired) electrons. The maximum absolute atomic E-state index is 12.5. The third kappa shape index (κ3) is 10.3. The van der Waals surface area contributed by atoms with Crippen LogP contribution < -0.4 is 10.6 Å². The minimum atomic E-state index is -0.584. The number of amides is 2. The molecule has 2 amide bonds. The van der Waals surface area contributed by atoms with Crippen LogP contribution in [0.1, 0.15) is 57.8 Å². The Morgan fingerprint density at radius 1 is 0.574 bits per heavy atom. The van der Waals surface area contributed by atoms with Gasteiger partial charge in [-0.15, -0.1) is 0 Å². The van der Waals surface area contributed by atoms with E-state index in [1.807, 2.05) is 60.7 Å². The van der Waals surface area contributed by atoms with Gasteiger partial charge in [0.2, 0.25) is 0 Å². The first-order valence-electron chi connectivity index (χ1n) is 18.6. The number of aliphatic hydroxyl groups excluding tert-OH is 1. The lowest BCUT2D eigenvalue weighted by Crippen LogP contribution is -2.39. The van der Waals surface area contributed by atoms with Crippen molar-refractivity contribution < 1.29 is 19.4 Å². The molecule has 274 valence electrons. The SMILES string of the molecule is O=C(NCc1ccccc1)NCc1cccc(-c2cccc([C@@H]3O[C@H](CN(Cc4ccccc4)Cc4ccccc4)C[C@H](c4ccc(CO)cc4)O3)c2)c1. The van der Waals surface area contributed by atoms with Crippen molar-refractivity contribution in [2.24, 2.45) is 0 Å². The van der Waals surface area contributed by atoms with E-state index in [0.29, 0.717) is 19.5 Å². The molecule has 0 aromatic heterocycles. The average Bonchev–Trinajstić information content (AvgIpc) is 3.23. The molecule has 3 atom stereocenters. The Bertz CT molecular complexity index is 2020. The fourth-order valence-electron chi connectivity index (χ4n) is 6.94. The Kier molecular flexibility index (Phi) is 12.6. The minimum Gasteiger partial charge on any atom is -0.392 e. The smallest absolute Gasteiger partial charge is 0.315 e. The van der Waals surface area contributed by atoms with E-state index in [-0.39, 0.29) is 24.8 Å². The van der Waals surface area contributed by atoms with Gasteiger partial charge < -0.3 is 25.2 Å². The van der Waals surface area contributed by atoms with Crippen LogP contribution in [0.2, 0.25) is 0 Å². The Hall–Kier alpha value is -5.57. The zero-order chi connectivity index (χ0) is 37.0. The van der Waals surface area contributed by atoms with E-state index in [4.69, 9.17) is 9.47 Å². The van der Waals surface area contributed by atoms with Crippen molar-refractivity contribution in [3.05, 3.63) is 203 Å². The predicted molar refractivity (Wildman–Crippen MR) is 213 cm³/mol. The highest BCUT2D eigenvalue weighted by molar-refractivity contribution is 5.74. The third-order valence-electron chi connectivity index (χ3n) is 9.74. The van der Waals surface area contributed by atoms with E-state index < -0.39 is 6.29 Å². The molecule has 1 aliphatic rings. The maximum Gasteiger partial charge on any atom is 0.315 e. The van der Waals surface area contributed by atoms with Crippen molar-refractivity contribution in [1.29, 1.82) is 0 Å². The number of nitrogens with zero attached hydrogens (tertiary/aromatic N) is 1. The van der Waals surface area contributed by atoms with Crippen LogP contribution in [0.15, 0.2) is 164 Å². The van der Waals surface area contributed by atoms with Crippen LogP contribution in [-0.4, -0.2) is 28.7 Å². The standard InChI is InChI=1S/C47H47N3O4/c51-34-38-22-24-40(25-23-38)45-28-44(33-50(31-36-14-6-2-7-15-36)32-37-16-8-3-9-17-37)53-46(54-45)43-21-11-20-42(27-43)41-19-10-18-39(26-41)30-49-47(52)48-29-35-12-4-1-5-13-35/h1-27,44-46,51H,28-34H2,(H2,48,49,52)/t44-,45+,46+/m0/s1. The number of nitrogens with one attached hydrogen (secondary N) is 2. The molecule has 6 aromatic rings. The Balaban J connectivity index is 1.09. The second kappa shape index (κ2) is 18.5. The lowest BCUT2D eigenvalue weighted by molar-refractivity contribution is -0.253. The molecular formula is C47H47N3O4. The topological polar surface area (TPSA) is 83.1 Å². The van der Waals surface area contributed by atoms with Gasteiger partial charge in [-0.25, -0.2) is 4.79 Å². The summed E-state index contributed by atoms with van der Waals surface area (Å²) in [5.41, 5.74) is 9.52. The second-order valence-corrected chi connectivity index (χ2v) is 13.8. The Labute approximate surface area is 318 Å². The zero-order valence-electron chi connectivity index (χ0n) is 30.4. The first-order valence-corrected chi connectivity index (χ1v) is 18.6. The van der Waals surface area contributed by atoms with Gasteiger partial charge in [-0.05, 0) is 56.6 Å². The molecule has 0 unspecified atom stereocenters. The van der Waals surface area contributed by atoms with E-state index in [9.17, 15) is 9.90 Å². The first-order chi connectivity index (χ1) is 26.6. The van der Waals surface area contributed by atoms with E-state index in [0.717, 1.165) is 58.6 Å². The molecule has 0 bridgehead atoms. The summed E-state index contributed by atoms with van der Waals surface area (Å²) >= 11 is 0. The fourth-order valence-corrected chi connectivity index (χ4v) is 6.94. The monoisotopic (exact) mass is 717 g/mol. The van der Waals surface area contributed by atoms with Gasteiger partial charge in [-0.3, -0.25) is 4.90 Å². The first kappa shape index (κ1) is 36.8. The van der Waals surface area contributed by atoms with Crippen molar-refractivity contribution in [3.8, 4) is 11.1 Å². The van der Waals surface area contributed by atoms with Gasteiger partial charge in [-0.1, -0.05) is 152 Å². The molecule has 7 nitrogen and oxygen atoms in total. The summed E-state index contributed by atoms with van der Waals surface area (Å²) in [4.78, 5) is 15.0. The van der Waals surface area contributed by atoms with Crippen LogP contribution in [0.4, 0.5) is 4.79 Å². The molecule has 1 fully saturated rings. The summed E-state index contributed by atoms with van der Waals surface area (Å²) in [5, 5.41) is 15.6. The van der Waals surface area contributed by atoms with E-state index in [2.05, 4.69) is 119 Å². The molecule has 0 spiro atoms. The lowest BCUT2D eigenvalue weighted by atomic mass is 9.98. The number of hydrogen-bond donors (Lipinski definition) is 3. The molecule has 0 aliphatic carbocycles. The average molecular weight is 718 g/mol. The highest BCUT2D eigenvalue weighted by atomic mass is 16.7. The molecule has 3 N–H and O–H groups in total. The van der Waals surface area contributed by atoms with E-state index in [1.165, 1.54) is 11.1 Å². The summed E-state index contributed by atoms with van der Waals surface area (Å²) < 4.78 is 13.6.